The van der Waals surface area contributed by atoms with Crippen molar-refractivity contribution in [2.24, 2.45) is 5.73 Å². The molecule has 15 heavy (non-hydrogen) atoms. The number of β-amino-alcohol motifs (C(OH)–C–C–N with tert-alkyl or cyclic N) is 2. The largest absolute Gasteiger partial charge is 0.388 e. The zero-order valence-electron chi connectivity index (χ0n) is 8.93. The second-order valence-electron chi connectivity index (χ2n) is 4.03. The van der Waals surface area contributed by atoms with Crippen LogP contribution < -0.4 is 5.73 Å². The van der Waals surface area contributed by atoms with Crippen molar-refractivity contribution < 1.29 is 15.0 Å². The molecule has 1 heterocycles. The van der Waals surface area contributed by atoms with Crippen molar-refractivity contribution in [2.45, 2.75) is 37.9 Å². The number of hydrogen-bond donors (Lipinski definition) is 3. The average Bonchev–Trinajstić information content (AvgIpc) is 2.54. The van der Waals surface area contributed by atoms with Crippen LogP contribution in [0.2, 0.25) is 0 Å². The van der Waals surface area contributed by atoms with Crippen molar-refractivity contribution in [3.05, 3.63) is 0 Å². The quantitative estimate of drug-likeness (QED) is 0.518. The van der Waals surface area contributed by atoms with E-state index in [-0.39, 0.29) is 19.0 Å². The predicted molar refractivity (Wildman–Crippen MR) is 56.1 cm³/mol. The van der Waals surface area contributed by atoms with Gasteiger partial charge in [0.1, 0.15) is 0 Å². The summed E-state index contributed by atoms with van der Waals surface area (Å²) in [5, 5.41) is 18.5. The molecule has 0 aliphatic carbocycles. The van der Waals surface area contributed by atoms with Crippen LogP contribution in [0, 0.1) is 0 Å². The maximum absolute atomic E-state index is 11.6. The number of nitrogens with two attached hydrogens (primary N) is 1. The standard InChI is InChI=1S/C10H20N2O3/c11-5-3-1-2-4-10(15)12-6-8(13)9(14)7-12/h8-9,13-14H,1-7,11H2/t8-,9+. The number of rotatable bonds is 5. The zero-order chi connectivity index (χ0) is 11.3. The Morgan fingerprint density at radius 1 is 1.20 bits per heavy atom. The van der Waals surface area contributed by atoms with E-state index >= 15 is 0 Å². The predicted octanol–water partition coefficient (Wildman–Crippen LogP) is -0.930. The van der Waals surface area contributed by atoms with Crippen LogP contribution in [0.5, 0.6) is 0 Å². The number of hydrogen-bond acceptors (Lipinski definition) is 4. The van der Waals surface area contributed by atoms with Crippen molar-refractivity contribution in [3.8, 4) is 0 Å². The van der Waals surface area contributed by atoms with Gasteiger partial charge in [-0.3, -0.25) is 4.79 Å². The first kappa shape index (κ1) is 12.4. The Morgan fingerprint density at radius 2 is 1.80 bits per heavy atom. The first-order valence-corrected chi connectivity index (χ1v) is 5.49. The number of unbranched alkanes of at least 4 members (excludes halogenated alkanes) is 2. The molecule has 4 N–H and O–H groups in total. The fraction of sp³-hybridized carbons (Fsp3) is 0.900. The Kier molecular flexibility index (Phi) is 5.01. The van der Waals surface area contributed by atoms with E-state index in [0.29, 0.717) is 13.0 Å². The third-order valence-corrected chi connectivity index (χ3v) is 2.71. The van der Waals surface area contributed by atoms with E-state index in [2.05, 4.69) is 0 Å². The lowest BCUT2D eigenvalue weighted by atomic mass is 10.2. The topological polar surface area (TPSA) is 86.8 Å². The van der Waals surface area contributed by atoms with Gasteiger partial charge in [-0.1, -0.05) is 6.42 Å². The molecule has 0 saturated carbocycles. The Morgan fingerprint density at radius 3 is 2.33 bits per heavy atom. The SMILES string of the molecule is NCCCCCC(=O)N1C[C@@H](O)[C@@H](O)C1. The maximum atomic E-state index is 11.6. The van der Waals surface area contributed by atoms with Crippen molar-refractivity contribution >= 4 is 5.91 Å². The monoisotopic (exact) mass is 216 g/mol. The number of amides is 1. The van der Waals surface area contributed by atoms with Gasteiger partial charge in [0.25, 0.3) is 0 Å². The molecule has 0 aromatic heterocycles. The molecule has 1 aliphatic heterocycles. The molecule has 5 heteroatoms. The second kappa shape index (κ2) is 6.05. The van der Waals surface area contributed by atoms with Crippen LogP contribution in [-0.4, -0.2) is 52.9 Å². The lowest BCUT2D eigenvalue weighted by Crippen LogP contribution is -2.29. The fourth-order valence-corrected chi connectivity index (χ4v) is 1.73. The molecular weight excluding hydrogens is 196 g/mol. The van der Waals surface area contributed by atoms with Crippen molar-refractivity contribution in [1.29, 1.82) is 0 Å². The summed E-state index contributed by atoms with van der Waals surface area (Å²) in [6, 6.07) is 0. The van der Waals surface area contributed by atoms with Crippen molar-refractivity contribution in [2.75, 3.05) is 19.6 Å². The molecule has 0 unspecified atom stereocenters. The fourth-order valence-electron chi connectivity index (χ4n) is 1.73. The van der Waals surface area contributed by atoms with E-state index in [0.717, 1.165) is 19.3 Å². The number of aliphatic hydroxyl groups excluding tert-OH is 2. The number of nitrogens with zero attached hydrogens (tertiary/aromatic N) is 1. The molecule has 88 valence electrons. The summed E-state index contributed by atoms with van der Waals surface area (Å²) < 4.78 is 0. The lowest BCUT2D eigenvalue weighted by molar-refractivity contribution is -0.130. The molecular formula is C10H20N2O3. The molecule has 0 aromatic rings. The summed E-state index contributed by atoms with van der Waals surface area (Å²) in [6.07, 6.45) is 1.66. The third-order valence-electron chi connectivity index (χ3n) is 2.71. The van der Waals surface area contributed by atoms with Gasteiger partial charge in [0.05, 0.1) is 12.2 Å². The molecule has 2 atom stereocenters. The van der Waals surface area contributed by atoms with Gasteiger partial charge >= 0.3 is 0 Å². The molecule has 0 spiro atoms. The first-order chi connectivity index (χ1) is 7.15. The van der Waals surface area contributed by atoms with Gasteiger partial charge in [0, 0.05) is 19.5 Å². The first-order valence-electron chi connectivity index (χ1n) is 5.49. The molecule has 1 rings (SSSR count). The molecule has 1 saturated heterocycles. The highest BCUT2D eigenvalue weighted by atomic mass is 16.3. The summed E-state index contributed by atoms with van der Waals surface area (Å²) in [5.74, 6) is 0.0163. The van der Waals surface area contributed by atoms with Crippen LogP contribution in [0.1, 0.15) is 25.7 Å². The summed E-state index contributed by atoms with van der Waals surface area (Å²) in [5.41, 5.74) is 5.34. The zero-order valence-corrected chi connectivity index (χ0v) is 8.93. The Balaban J connectivity index is 2.18. The van der Waals surface area contributed by atoms with E-state index in [4.69, 9.17) is 5.73 Å². The van der Waals surface area contributed by atoms with Crippen LogP contribution in [-0.2, 0) is 4.79 Å². The maximum Gasteiger partial charge on any atom is 0.222 e. The van der Waals surface area contributed by atoms with Crippen LogP contribution in [0.4, 0.5) is 0 Å². The third kappa shape index (κ3) is 3.77. The number of aliphatic hydroxyl groups is 2. The van der Waals surface area contributed by atoms with E-state index in [1.165, 1.54) is 4.90 Å². The minimum Gasteiger partial charge on any atom is -0.388 e. The van der Waals surface area contributed by atoms with Crippen molar-refractivity contribution in [3.63, 3.8) is 0 Å². The highest BCUT2D eigenvalue weighted by Crippen LogP contribution is 2.12. The van der Waals surface area contributed by atoms with Crippen LogP contribution in [0.3, 0.4) is 0 Å². The van der Waals surface area contributed by atoms with Gasteiger partial charge in [-0.25, -0.2) is 0 Å². The van der Waals surface area contributed by atoms with Gasteiger partial charge in [0.2, 0.25) is 5.91 Å². The Bertz CT molecular complexity index is 201. The molecule has 1 fully saturated rings. The van der Waals surface area contributed by atoms with Crippen LogP contribution >= 0.6 is 0 Å². The van der Waals surface area contributed by atoms with Gasteiger partial charge in [-0.05, 0) is 19.4 Å². The number of likely N-dealkylation sites (tertiary alicyclic amines) is 1. The lowest BCUT2D eigenvalue weighted by Gasteiger charge is -2.14. The van der Waals surface area contributed by atoms with E-state index < -0.39 is 12.2 Å². The summed E-state index contributed by atoms with van der Waals surface area (Å²) >= 11 is 0. The smallest absolute Gasteiger partial charge is 0.222 e. The molecule has 0 radical (unpaired) electrons. The highest BCUT2D eigenvalue weighted by Gasteiger charge is 2.31. The van der Waals surface area contributed by atoms with E-state index in [9.17, 15) is 15.0 Å². The highest BCUT2D eigenvalue weighted by molar-refractivity contribution is 5.76. The minimum atomic E-state index is -0.780. The van der Waals surface area contributed by atoms with Gasteiger partial charge in [-0.15, -0.1) is 0 Å². The Labute approximate surface area is 89.9 Å². The van der Waals surface area contributed by atoms with E-state index in [1.54, 1.807) is 0 Å². The minimum absolute atomic E-state index is 0.0163. The number of carbonyl (C=O) groups excluding carboxylic acids is 1. The summed E-state index contributed by atoms with van der Waals surface area (Å²) in [7, 11) is 0. The summed E-state index contributed by atoms with van der Waals surface area (Å²) in [6.45, 7) is 1.18. The average molecular weight is 216 g/mol. The molecule has 0 aromatic carbocycles. The molecule has 1 aliphatic rings. The van der Waals surface area contributed by atoms with Crippen LogP contribution in [0.25, 0.3) is 0 Å². The number of carbonyl (C=O) groups is 1. The normalized spacial score (nSPS) is 25.9. The van der Waals surface area contributed by atoms with Gasteiger partial charge in [0.15, 0.2) is 0 Å². The molecule has 0 bridgehead atoms. The molecule has 1 amide bonds. The van der Waals surface area contributed by atoms with Gasteiger partial charge in [-0.2, -0.15) is 0 Å². The van der Waals surface area contributed by atoms with E-state index in [1.807, 2.05) is 0 Å². The van der Waals surface area contributed by atoms with Crippen LogP contribution in [0.15, 0.2) is 0 Å². The summed E-state index contributed by atoms with van der Waals surface area (Å²) in [4.78, 5) is 13.1. The molecule has 5 nitrogen and oxygen atoms in total. The second-order valence-corrected chi connectivity index (χ2v) is 4.03. The Hall–Kier alpha value is -0.650. The van der Waals surface area contributed by atoms with Gasteiger partial charge < -0.3 is 20.8 Å². The van der Waals surface area contributed by atoms with Crippen molar-refractivity contribution in [1.82, 2.24) is 4.90 Å².